The quantitative estimate of drug-likeness (QED) is 0.782. The molecule has 1 unspecified atom stereocenters. The van der Waals surface area contributed by atoms with E-state index in [-0.39, 0.29) is 11.9 Å². The summed E-state index contributed by atoms with van der Waals surface area (Å²) in [7, 11) is 1.61. The molecule has 0 aliphatic carbocycles. The maximum absolute atomic E-state index is 11.3. The van der Waals surface area contributed by atoms with Crippen LogP contribution in [0.2, 0.25) is 0 Å². The number of carbonyl (C=O) groups excluding carboxylic acids is 1. The van der Waals surface area contributed by atoms with Crippen LogP contribution in [-0.2, 0) is 4.79 Å². The molecule has 0 saturated heterocycles. The average molecular weight is 223 g/mol. The molecule has 5 heteroatoms. The predicted molar refractivity (Wildman–Crippen MR) is 62.6 cm³/mol. The van der Waals surface area contributed by atoms with E-state index in [2.05, 4.69) is 15.6 Å². The van der Waals surface area contributed by atoms with E-state index in [1.54, 1.807) is 26.2 Å². The number of aromatic nitrogens is 1. The molecule has 0 spiro atoms. The molecule has 16 heavy (non-hydrogen) atoms. The molecule has 2 N–H and O–H groups in total. The van der Waals surface area contributed by atoms with Gasteiger partial charge in [-0.2, -0.15) is 0 Å². The van der Waals surface area contributed by atoms with Gasteiger partial charge in [0.05, 0.1) is 18.5 Å². The van der Waals surface area contributed by atoms with Crippen LogP contribution in [0.15, 0.2) is 18.3 Å². The van der Waals surface area contributed by atoms with Crippen LogP contribution in [0, 0.1) is 0 Å². The van der Waals surface area contributed by atoms with Crippen LogP contribution in [0.25, 0.3) is 0 Å². The summed E-state index contributed by atoms with van der Waals surface area (Å²) < 4.78 is 5.22. The second-order valence-corrected chi connectivity index (χ2v) is 3.30. The Hall–Kier alpha value is -1.78. The topological polar surface area (TPSA) is 63.2 Å². The van der Waals surface area contributed by atoms with Gasteiger partial charge in [-0.05, 0) is 19.9 Å². The van der Waals surface area contributed by atoms with E-state index in [1.165, 1.54) is 0 Å². The Labute approximate surface area is 95.2 Å². The number of likely N-dealkylation sites (N-methyl/N-ethyl adjacent to an activating group) is 1. The average Bonchev–Trinajstić information content (AvgIpc) is 2.31. The Morgan fingerprint density at radius 3 is 2.81 bits per heavy atom. The Balaban J connectivity index is 2.58. The van der Waals surface area contributed by atoms with Crippen LogP contribution in [0.3, 0.4) is 0 Å². The summed E-state index contributed by atoms with van der Waals surface area (Å²) in [5.74, 6) is 0.523. The van der Waals surface area contributed by atoms with Gasteiger partial charge in [-0.15, -0.1) is 0 Å². The Morgan fingerprint density at radius 2 is 2.31 bits per heavy atom. The van der Waals surface area contributed by atoms with Crippen LogP contribution in [0.1, 0.15) is 13.8 Å². The minimum Gasteiger partial charge on any atom is -0.478 e. The Kier molecular flexibility index (Phi) is 4.57. The zero-order chi connectivity index (χ0) is 12.0. The van der Waals surface area contributed by atoms with E-state index in [9.17, 15) is 4.79 Å². The van der Waals surface area contributed by atoms with Gasteiger partial charge in [0.1, 0.15) is 6.04 Å². The van der Waals surface area contributed by atoms with Gasteiger partial charge < -0.3 is 15.4 Å². The van der Waals surface area contributed by atoms with Crippen molar-refractivity contribution in [1.29, 1.82) is 0 Å². The summed E-state index contributed by atoms with van der Waals surface area (Å²) in [6, 6.07) is 3.31. The number of hydrogen-bond donors (Lipinski definition) is 2. The molecule has 1 amide bonds. The lowest BCUT2D eigenvalue weighted by Gasteiger charge is -2.13. The number of nitrogens with one attached hydrogen (secondary N) is 2. The molecule has 1 atom stereocenters. The molecule has 5 nitrogen and oxygen atoms in total. The number of pyridine rings is 1. The molecule has 0 saturated carbocycles. The van der Waals surface area contributed by atoms with E-state index < -0.39 is 0 Å². The van der Waals surface area contributed by atoms with Crippen molar-refractivity contribution in [3.8, 4) is 5.88 Å². The molecule has 1 aromatic heterocycles. The number of hydrogen-bond acceptors (Lipinski definition) is 4. The lowest BCUT2D eigenvalue weighted by molar-refractivity contribution is -0.121. The zero-order valence-corrected chi connectivity index (χ0v) is 9.78. The van der Waals surface area contributed by atoms with Crippen molar-refractivity contribution < 1.29 is 9.53 Å². The van der Waals surface area contributed by atoms with Crippen LogP contribution in [0.4, 0.5) is 5.69 Å². The molecule has 1 heterocycles. The Morgan fingerprint density at radius 1 is 1.56 bits per heavy atom. The summed E-state index contributed by atoms with van der Waals surface area (Å²) in [6.07, 6.45) is 1.64. The molecule has 0 fully saturated rings. The van der Waals surface area contributed by atoms with Crippen LogP contribution >= 0.6 is 0 Å². The summed E-state index contributed by atoms with van der Waals surface area (Å²) in [6.45, 7) is 4.28. The summed E-state index contributed by atoms with van der Waals surface area (Å²) in [5.41, 5.74) is 0.791. The van der Waals surface area contributed by atoms with Crippen molar-refractivity contribution in [3.63, 3.8) is 0 Å². The highest BCUT2D eigenvalue weighted by atomic mass is 16.5. The van der Waals surface area contributed by atoms with Crippen molar-refractivity contribution in [1.82, 2.24) is 10.3 Å². The first-order valence-corrected chi connectivity index (χ1v) is 5.24. The molecule has 88 valence electrons. The van der Waals surface area contributed by atoms with Gasteiger partial charge in [0.2, 0.25) is 11.8 Å². The summed E-state index contributed by atoms with van der Waals surface area (Å²) in [4.78, 5) is 15.4. The zero-order valence-electron chi connectivity index (χ0n) is 9.78. The van der Waals surface area contributed by atoms with Gasteiger partial charge in [-0.3, -0.25) is 4.79 Å². The van der Waals surface area contributed by atoms with Crippen molar-refractivity contribution in [2.24, 2.45) is 0 Å². The normalized spacial score (nSPS) is 11.7. The maximum Gasteiger partial charge on any atom is 0.241 e. The smallest absolute Gasteiger partial charge is 0.241 e. The SMILES string of the molecule is CCOc1ccc(NC(C)C(=O)NC)cn1. The van der Waals surface area contributed by atoms with Gasteiger partial charge in [0.15, 0.2) is 0 Å². The van der Waals surface area contributed by atoms with Crippen molar-refractivity contribution in [2.75, 3.05) is 19.0 Å². The molecule has 0 bridgehead atoms. The maximum atomic E-state index is 11.3. The molecule has 0 aromatic carbocycles. The van der Waals surface area contributed by atoms with Gasteiger partial charge in [-0.25, -0.2) is 4.98 Å². The van der Waals surface area contributed by atoms with Gasteiger partial charge >= 0.3 is 0 Å². The highest BCUT2D eigenvalue weighted by molar-refractivity contribution is 5.83. The number of ether oxygens (including phenoxy) is 1. The largest absolute Gasteiger partial charge is 0.478 e. The standard InChI is InChI=1S/C11H17N3O2/c1-4-16-10-6-5-9(7-13-10)14-8(2)11(15)12-3/h5-8,14H,4H2,1-3H3,(H,12,15). The van der Waals surface area contributed by atoms with Gasteiger partial charge in [0.25, 0.3) is 0 Å². The van der Waals surface area contributed by atoms with E-state index >= 15 is 0 Å². The first-order chi connectivity index (χ1) is 7.67. The first kappa shape index (κ1) is 12.3. The third-order valence-corrected chi connectivity index (χ3v) is 2.05. The number of carbonyl (C=O) groups is 1. The molecular weight excluding hydrogens is 206 g/mol. The molecule has 0 radical (unpaired) electrons. The fraction of sp³-hybridized carbons (Fsp3) is 0.455. The number of anilines is 1. The monoisotopic (exact) mass is 223 g/mol. The van der Waals surface area contributed by atoms with Crippen LogP contribution < -0.4 is 15.4 Å². The molecule has 0 aliphatic heterocycles. The highest BCUT2D eigenvalue weighted by Gasteiger charge is 2.10. The lowest BCUT2D eigenvalue weighted by atomic mass is 10.3. The van der Waals surface area contributed by atoms with E-state index in [4.69, 9.17) is 4.74 Å². The summed E-state index contributed by atoms with van der Waals surface area (Å²) >= 11 is 0. The predicted octanol–water partition coefficient (Wildman–Crippen LogP) is 1.03. The lowest BCUT2D eigenvalue weighted by Crippen LogP contribution is -2.35. The van der Waals surface area contributed by atoms with E-state index in [0.29, 0.717) is 12.5 Å². The molecular formula is C11H17N3O2. The Bertz CT molecular complexity index is 338. The fourth-order valence-corrected chi connectivity index (χ4v) is 1.23. The van der Waals surface area contributed by atoms with E-state index in [1.807, 2.05) is 13.0 Å². The van der Waals surface area contributed by atoms with Crippen LogP contribution in [-0.4, -0.2) is 30.6 Å². The van der Waals surface area contributed by atoms with Crippen molar-refractivity contribution in [3.05, 3.63) is 18.3 Å². The second kappa shape index (κ2) is 5.95. The summed E-state index contributed by atoms with van der Waals surface area (Å²) in [5, 5.41) is 5.60. The number of nitrogens with zero attached hydrogens (tertiary/aromatic N) is 1. The number of rotatable bonds is 5. The van der Waals surface area contributed by atoms with Crippen LogP contribution in [0.5, 0.6) is 5.88 Å². The van der Waals surface area contributed by atoms with Crippen molar-refractivity contribution in [2.45, 2.75) is 19.9 Å². The van der Waals surface area contributed by atoms with Crippen molar-refractivity contribution >= 4 is 11.6 Å². The highest BCUT2D eigenvalue weighted by Crippen LogP contribution is 2.12. The van der Waals surface area contributed by atoms with E-state index in [0.717, 1.165) is 5.69 Å². The third-order valence-electron chi connectivity index (χ3n) is 2.05. The molecule has 1 aromatic rings. The first-order valence-electron chi connectivity index (χ1n) is 5.24. The van der Waals surface area contributed by atoms with Gasteiger partial charge in [-0.1, -0.05) is 0 Å². The molecule has 0 aliphatic rings. The fourth-order valence-electron chi connectivity index (χ4n) is 1.23. The van der Waals surface area contributed by atoms with Gasteiger partial charge in [0, 0.05) is 13.1 Å². The molecule has 1 rings (SSSR count). The minimum absolute atomic E-state index is 0.0612. The third kappa shape index (κ3) is 3.42. The second-order valence-electron chi connectivity index (χ2n) is 3.30. The minimum atomic E-state index is -0.287. The number of amides is 1.